The molecule has 0 fully saturated rings. The van der Waals surface area contributed by atoms with Gasteiger partial charge in [-0.25, -0.2) is 4.39 Å². The molecule has 0 radical (unpaired) electrons. The van der Waals surface area contributed by atoms with Crippen LogP contribution in [0, 0.1) is 5.82 Å². The Morgan fingerprint density at radius 2 is 2.32 bits per heavy atom. The van der Waals surface area contributed by atoms with Gasteiger partial charge >= 0.3 is 0 Å². The smallest absolute Gasteiger partial charge is 0.176 e. The molecule has 0 spiro atoms. The van der Waals surface area contributed by atoms with E-state index >= 15 is 0 Å². The third-order valence-corrected chi connectivity index (χ3v) is 2.72. The number of benzene rings is 1. The summed E-state index contributed by atoms with van der Waals surface area (Å²) in [4.78, 5) is 1.37. The first-order valence-corrected chi connectivity index (χ1v) is 5.66. The molecule has 0 amide bonds. The number of hydrogen-bond donors (Lipinski definition) is 2. The van der Waals surface area contributed by atoms with Crippen LogP contribution in [0.25, 0.3) is 0 Å². The number of methoxy groups -OCH3 is 1. The van der Waals surface area contributed by atoms with Crippen LogP contribution >= 0.6 is 0 Å². The van der Waals surface area contributed by atoms with Crippen LogP contribution < -0.4 is 16.0 Å². The van der Waals surface area contributed by atoms with Gasteiger partial charge in [0.25, 0.3) is 0 Å². The number of tetrazole rings is 1. The quantitative estimate of drug-likeness (QED) is 0.589. The maximum atomic E-state index is 13.4. The highest BCUT2D eigenvalue weighted by molar-refractivity contribution is 5.32. The standard InChI is InChI=1S/C11H15FN6O/c1-18-16-11(15-17-18)6-9(14-13)7-3-4-8(12)10(5-7)19-2/h3-5,9,14H,6,13H2,1-2H3. The van der Waals surface area contributed by atoms with Gasteiger partial charge in [0.15, 0.2) is 17.4 Å². The van der Waals surface area contributed by atoms with Gasteiger partial charge in [-0.3, -0.25) is 11.3 Å². The Bertz CT molecular complexity index is 558. The summed E-state index contributed by atoms with van der Waals surface area (Å²) in [5.41, 5.74) is 3.44. The third kappa shape index (κ3) is 3.04. The number of aromatic nitrogens is 4. The van der Waals surface area contributed by atoms with Crippen molar-refractivity contribution in [1.82, 2.24) is 25.6 Å². The molecule has 1 heterocycles. The molecular weight excluding hydrogens is 251 g/mol. The predicted molar refractivity (Wildman–Crippen MR) is 65.5 cm³/mol. The number of nitrogens with zero attached hydrogens (tertiary/aromatic N) is 4. The minimum atomic E-state index is -0.417. The van der Waals surface area contributed by atoms with Crippen molar-refractivity contribution in [2.24, 2.45) is 12.9 Å². The van der Waals surface area contributed by atoms with E-state index in [1.807, 2.05) is 0 Å². The van der Waals surface area contributed by atoms with Gasteiger partial charge in [0, 0.05) is 6.42 Å². The molecule has 1 aromatic heterocycles. The molecule has 1 aromatic carbocycles. The van der Waals surface area contributed by atoms with E-state index in [0.717, 1.165) is 5.56 Å². The Balaban J connectivity index is 2.21. The van der Waals surface area contributed by atoms with Crippen LogP contribution in [0.1, 0.15) is 17.4 Å². The Kier molecular flexibility index (Phi) is 4.03. The van der Waals surface area contributed by atoms with Crippen molar-refractivity contribution in [2.45, 2.75) is 12.5 Å². The summed E-state index contributed by atoms with van der Waals surface area (Å²) >= 11 is 0. The van der Waals surface area contributed by atoms with Gasteiger partial charge < -0.3 is 4.74 Å². The zero-order valence-corrected chi connectivity index (χ0v) is 10.7. The average Bonchev–Trinajstić information content (AvgIpc) is 2.82. The summed E-state index contributed by atoms with van der Waals surface area (Å²) in [6, 6.07) is 4.32. The van der Waals surface area contributed by atoms with E-state index in [4.69, 9.17) is 10.6 Å². The predicted octanol–water partition coefficient (Wildman–Crippen LogP) is 0.105. The number of nitrogens with two attached hydrogens (primary N) is 1. The van der Waals surface area contributed by atoms with Crippen LogP contribution in [-0.4, -0.2) is 27.3 Å². The molecule has 0 bridgehead atoms. The lowest BCUT2D eigenvalue weighted by molar-refractivity contribution is 0.384. The molecule has 0 aliphatic rings. The van der Waals surface area contributed by atoms with Crippen molar-refractivity contribution >= 4 is 0 Å². The second-order valence-corrected chi connectivity index (χ2v) is 4.01. The molecule has 102 valence electrons. The zero-order valence-electron chi connectivity index (χ0n) is 10.7. The number of hydrogen-bond acceptors (Lipinski definition) is 6. The van der Waals surface area contributed by atoms with Crippen LogP contribution in [0.2, 0.25) is 0 Å². The average molecular weight is 266 g/mol. The fourth-order valence-electron chi connectivity index (χ4n) is 1.75. The molecule has 8 heteroatoms. The van der Waals surface area contributed by atoms with Crippen molar-refractivity contribution in [1.29, 1.82) is 0 Å². The molecule has 1 atom stereocenters. The molecule has 0 aliphatic heterocycles. The van der Waals surface area contributed by atoms with Crippen molar-refractivity contribution in [3.05, 3.63) is 35.4 Å². The van der Waals surface area contributed by atoms with Gasteiger partial charge in [-0.15, -0.1) is 10.2 Å². The van der Waals surface area contributed by atoms with Gasteiger partial charge in [0.1, 0.15) is 0 Å². The lowest BCUT2D eigenvalue weighted by Crippen LogP contribution is -2.30. The lowest BCUT2D eigenvalue weighted by Gasteiger charge is -2.15. The monoisotopic (exact) mass is 266 g/mol. The SMILES string of the molecule is COc1cc(C(Cc2nnn(C)n2)NN)ccc1F. The summed E-state index contributed by atoms with van der Waals surface area (Å²) in [5, 5.41) is 11.7. The highest BCUT2D eigenvalue weighted by atomic mass is 19.1. The number of rotatable bonds is 5. The normalized spacial score (nSPS) is 12.4. The summed E-state index contributed by atoms with van der Waals surface area (Å²) in [6.45, 7) is 0. The maximum absolute atomic E-state index is 13.4. The second kappa shape index (κ2) is 5.72. The lowest BCUT2D eigenvalue weighted by atomic mass is 10.0. The number of hydrazine groups is 1. The Hall–Kier alpha value is -2.06. The zero-order chi connectivity index (χ0) is 13.8. The van der Waals surface area contributed by atoms with E-state index in [-0.39, 0.29) is 11.8 Å². The van der Waals surface area contributed by atoms with Gasteiger partial charge in [-0.05, 0) is 22.9 Å². The van der Waals surface area contributed by atoms with Crippen LogP contribution in [0.4, 0.5) is 4.39 Å². The molecule has 1 unspecified atom stereocenters. The molecule has 0 saturated heterocycles. The largest absolute Gasteiger partial charge is 0.494 e. The first-order chi connectivity index (χ1) is 9.13. The fraction of sp³-hybridized carbons (Fsp3) is 0.364. The Morgan fingerprint density at radius 1 is 1.53 bits per heavy atom. The molecule has 7 nitrogen and oxygen atoms in total. The van der Waals surface area contributed by atoms with Crippen LogP contribution in [-0.2, 0) is 13.5 Å². The summed E-state index contributed by atoms with van der Waals surface area (Å²) < 4.78 is 18.3. The Morgan fingerprint density at radius 3 is 2.89 bits per heavy atom. The molecule has 2 rings (SSSR count). The van der Waals surface area contributed by atoms with Gasteiger partial charge in [-0.2, -0.15) is 4.80 Å². The van der Waals surface area contributed by atoms with Gasteiger partial charge in [0.2, 0.25) is 0 Å². The van der Waals surface area contributed by atoms with Crippen molar-refractivity contribution in [3.8, 4) is 5.75 Å². The van der Waals surface area contributed by atoms with Crippen molar-refractivity contribution in [3.63, 3.8) is 0 Å². The first-order valence-electron chi connectivity index (χ1n) is 5.66. The fourth-order valence-corrected chi connectivity index (χ4v) is 1.75. The number of ether oxygens (including phenoxy) is 1. The highest BCUT2D eigenvalue weighted by Gasteiger charge is 2.16. The number of nitrogens with one attached hydrogen (secondary N) is 1. The van der Waals surface area contributed by atoms with E-state index in [1.54, 1.807) is 19.2 Å². The summed E-state index contributed by atoms with van der Waals surface area (Å²) in [7, 11) is 3.10. The minimum Gasteiger partial charge on any atom is -0.494 e. The second-order valence-electron chi connectivity index (χ2n) is 4.01. The minimum absolute atomic E-state index is 0.171. The van der Waals surface area contributed by atoms with Crippen LogP contribution in [0.5, 0.6) is 5.75 Å². The van der Waals surface area contributed by atoms with E-state index in [9.17, 15) is 4.39 Å². The van der Waals surface area contributed by atoms with Gasteiger partial charge in [0.05, 0.1) is 20.2 Å². The summed E-state index contributed by atoms with van der Waals surface area (Å²) in [5.74, 6) is 5.83. The topological polar surface area (TPSA) is 90.9 Å². The Labute approximate surface area is 109 Å². The van der Waals surface area contributed by atoms with Gasteiger partial charge in [-0.1, -0.05) is 6.07 Å². The molecule has 0 aliphatic carbocycles. The van der Waals surface area contributed by atoms with Crippen molar-refractivity contribution in [2.75, 3.05) is 7.11 Å². The van der Waals surface area contributed by atoms with E-state index < -0.39 is 5.82 Å². The van der Waals surface area contributed by atoms with E-state index in [1.165, 1.54) is 18.0 Å². The first kappa shape index (κ1) is 13.4. The highest BCUT2D eigenvalue weighted by Crippen LogP contribution is 2.23. The van der Waals surface area contributed by atoms with Crippen LogP contribution in [0.15, 0.2) is 18.2 Å². The molecule has 19 heavy (non-hydrogen) atoms. The summed E-state index contributed by atoms with van der Waals surface area (Å²) in [6.07, 6.45) is 0.444. The molecular formula is C11H15FN6O. The number of halogens is 1. The molecule has 3 N–H and O–H groups in total. The third-order valence-electron chi connectivity index (χ3n) is 2.72. The van der Waals surface area contributed by atoms with E-state index in [2.05, 4.69) is 20.8 Å². The molecule has 0 saturated carbocycles. The van der Waals surface area contributed by atoms with E-state index in [0.29, 0.717) is 12.2 Å². The van der Waals surface area contributed by atoms with Crippen molar-refractivity contribution < 1.29 is 9.13 Å². The molecule has 2 aromatic rings. The maximum Gasteiger partial charge on any atom is 0.176 e. The van der Waals surface area contributed by atoms with Crippen LogP contribution in [0.3, 0.4) is 0 Å². The number of aryl methyl sites for hydroxylation is 1.